The Morgan fingerprint density at radius 2 is 0.950 bits per heavy atom. The van der Waals surface area contributed by atoms with Crippen LogP contribution in [0.2, 0.25) is 0 Å². The van der Waals surface area contributed by atoms with Gasteiger partial charge in [-0.3, -0.25) is 9.59 Å². The summed E-state index contributed by atoms with van der Waals surface area (Å²) < 4.78 is 5.91. The molecule has 0 fully saturated rings. The maximum absolute atomic E-state index is 13.2. The number of hydrogen-bond acceptors (Lipinski definition) is 5. The van der Waals surface area contributed by atoms with Crippen LogP contribution in [0.3, 0.4) is 0 Å². The summed E-state index contributed by atoms with van der Waals surface area (Å²) in [5, 5.41) is 23.7. The van der Waals surface area contributed by atoms with Crippen molar-refractivity contribution in [3.05, 3.63) is 48.6 Å². The molecule has 0 heterocycles. The first-order valence-electron chi connectivity index (χ1n) is 25.9. The molecule has 0 aliphatic rings. The molecule has 6 nitrogen and oxygen atoms in total. The van der Waals surface area contributed by atoms with Crippen LogP contribution in [0.15, 0.2) is 48.6 Å². The zero-order chi connectivity index (χ0) is 43.8. The zero-order valence-electron chi connectivity index (χ0n) is 39.8. The van der Waals surface area contributed by atoms with Crippen molar-refractivity contribution in [1.29, 1.82) is 0 Å². The Balaban J connectivity index is 4.60. The molecule has 0 rings (SSSR count). The van der Waals surface area contributed by atoms with E-state index < -0.39 is 18.2 Å². The van der Waals surface area contributed by atoms with E-state index in [0.717, 1.165) is 89.9 Å². The lowest BCUT2D eigenvalue weighted by Gasteiger charge is -2.24. The fourth-order valence-electron chi connectivity index (χ4n) is 7.75. The molecular weight excluding hydrogens is 743 g/mol. The van der Waals surface area contributed by atoms with Gasteiger partial charge in [0, 0.05) is 6.42 Å². The fourth-order valence-corrected chi connectivity index (χ4v) is 7.75. The highest BCUT2D eigenvalue weighted by Gasteiger charge is 2.24. The van der Waals surface area contributed by atoms with E-state index in [-0.39, 0.29) is 24.9 Å². The maximum atomic E-state index is 13.2. The molecule has 60 heavy (non-hydrogen) atoms. The van der Waals surface area contributed by atoms with Gasteiger partial charge in [0.1, 0.15) is 6.10 Å². The minimum Gasteiger partial charge on any atom is -0.462 e. The quantitative estimate of drug-likeness (QED) is 0.0246. The van der Waals surface area contributed by atoms with Gasteiger partial charge < -0.3 is 20.3 Å². The van der Waals surface area contributed by atoms with Gasteiger partial charge in [-0.1, -0.05) is 217 Å². The molecule has 0 saturated heterocycles. The van der Waals surface area contributed by atoms with Crippen molar-refractivity contribution in [2.24, 2.45) is 0 Å². The molecule has 3 N–H and O–H groups in total. The number of allylic oxidation sites excluding steroid dienone is 8. The zero-order valence-corrected chi connectivity index (χ0v) is 39.8. The molecule has 0 aliphatic heterocycles. The number of ether oxygens (including phenoxy) is 1. The van der Waals surface area contributed by atoms with Crippen molar-refractivity contribution < 1.29 is 24.5 Å². The lowest BCUT2D eigenvalue weighted by molar-refractivity contribution is -0.151. The van der Waals surface area contributed by atoms with Crippen molar-refractivity contribution in [3.8, 4) is 0 Å². The number of amides is 1. The number of rotatable bonds is 46. The van der Waals surface area contributed by atoms with Crippen LogP contribution in [-0.4, -0.2) is 46.9 Å². The summed E-state index contributed by atoms with van der Waals surface area (Å²) in [4.78, 5) is 26.1. The number of unbranched alkanes of at least 4 members (excludes halogenated alkanes) is 27. The van der Waals surface area contributed by atoms with E-state index in [2.05, 4.69) is 74.7 Å². The number of aliphatic hydroxyl groups is 2. The minimum atomic E-state index is -0.795. The maximum Gasteiger partial charge on any atom is 0.306 e. The van der Waals surface area contributed by atoms with E-state index in [1.165, 1.54) is 122 Å². The van der Waals surface area contributed by atoms with E-state index in [1.807, 2.05) is 0 Å². The van der Waals surface area contributed by atoms with Crippen LogP contribution >= 0.6 is 0 Å². The van der Waals surface area contributed by atoms with E-state index in [1.54, 1.807) is 0 Å². The Kier molecular flexibility index (Phi) is 46.1. The second-order valence-corrected chi connectivity index (χ2v) is 17.6. The highest BCUT2D eigenvalue weighted by molar-refractivity contribution is 5.77. The fraction of sp³-hybridized carbons (Fsp3) is 0.815. The summed E-state index contributed by atoms with van der Waals surface area (Å²) in [5.74, 6) is -0.515. The third-order valence-electron chi connectivity index (χ3n) is 11.7. The first-order chi connectivity index (χ1) is 29.5. The number of esters is 1. The van der Waals surface area contributed by atoms with Crippen LogP contribution in [0.5, 0.6) is 0 Å². The van der Waals surface area contributed by atoms with Gasteiger partial charge in [0.25, 0.3) is 0 Å². The number of carbonyl (C=O) groups is 2. The molecule has 0 bridgehead atoms. The van der Waals surface area contributed by atoms with Gasteiger partial charge in [0.15, 0.2) is 0 Å². The monoisotopic (exact) mass is 842 g/mol. The van der Waals surface area contributed by atoms with Crippen molar-refractivity contribution in [3.63, 3.8) is 0 Å². The minimum absolute atomic E-state index is 0.0578. The highest BCUT2D eigenvalue weighted by Crippen LogP contribution is 2.17. The molecule has 3 atom stereocenters. The lowest BCUT2D eigenvalue weighted by Crippen LogP contribution is -2.46. The predicted molar refractivity (Wildman–Crippen MR) is 259 cm³/mol. The average Bonchev–Trinajstić information content (AvgIpc) is 3.24. The predicted octanol–water partition coefficient (Wildman–Crippen LogP) is 15.5. The molecule has 0 saturated carbocycles. The molecular formula is C54H99NO5. The molecule has 0 aromatic rings. The van der Waals surface area contributed by atoms with Gasteiger partial charge in [-0.2, -0.15) is 0 Å². The van der Waals surface area contributed by atoms with Crippen LogP contribution < -0.4 is 5.32 Å². The average molecular weight is 842 g/mol. The Labute approximate surface area is 372 Å². The van der Waals surface area contributed by atoms with Gasteiger partial charge in [0.05, 0.1) is 25.2 Å². The molecule has 0 radical (unpaired) electrons. The third-order valence-corrected chi connectivity index (χ3v) is 11.7. The van der Waals surface area contributed by atoms with E-state index in [9.17, 15) is 19.8 Å². The first kappa shape index (κ1) is 57.8. The Hall–Kier alpha value is -2.18. The summed E-state index contributed by atoms with van der Waals surface area (Å²) >= 11 is 0. The van der Waals surface area contributed by atoms with E-state index in [0.29, 0.717) is 19.3 Å². The molecule has 1 amide bonds. The van der Waals surface area contributed by atoms with E-state index in [4.69, 9.17) is 4.74 Å². The normalized spacial score (nSPS) is 13.6. The number of carbonyl (C=O) groups excluding carboxylic acids is 2. The van der Waals surface area contributed by atoms with Gasteiger partial charge in [0.2, 0.25) is 5.91 Å². The van der Waals surface area contributed by atoms with Crippen molar-refractivity contribution in [2.45, 2.75) is 277 Å². The van der Waals surface area contributed by atoms with Crippen molar-refractivity contribution >= 4 is 11.9 Å². The molecule has 0 aromatic carbocycles. The summed E-state index contributed by atoms with van der Waals surface area (Å²) in [5.41, 5.74) is 0. The van der Waals surface area contributed by atoms with Gasteiger partial charge in [-0.25, -0.2) is 0 Å². The highest BCUT2D eigenvalue weighted by atomic mass is 16.5. The molecule has 6 heteroatoms. The number of aliphatic hydroxyl groups excluding tert-OH is 2. The first-order valence-corrected chi connectivity index (χ1v) is 25.9. The summed E-state index contributed by atoms with van der Waals surface area (Å²) in [7, 11) is 0. The van der Waals surface area contributed by atoms with Gasteiger partial charge in [-0.15, -0.1) is 0 Å². The molecule has 0 aromatic heterocycles. The third kappa shape index (κ3) is 42.5. The van der Waals surface area contributed by atoms with E-state index >= 15 is 0 Å². The number of nitrogens with one attached hydrogen (secondary N) is 1. The van der Waals surface area contributed by atoms with Crippen LogP contribution in [-0.2, 0) is 14.3 Å². The topological polar surface area (TPSA) is 95.9 Å². The largest absolute Gasteiger partial charge is 0.462 e. The Morgan fingerprint density at radius 1 is 0.517 bits per heavy atom. The SMILES string of the molecule is CC/C=C/C/C=C/CCCCCCCC(CC(=O)NC(CO)C(O)CCCCCCCCCCCCCCC)OC(=O)CCCCC/C=C/C=C/CCCCCCCCC. The van der Waals surface area contributed by atoms with Crippen molar-refractivity contribution in [2.75, 3.05) is 6.61 Å². The van der Waals surface area contributed by atoms with Gasteiger partial charge in [-0.05, 0) is 77.0 Å². The Bertz CT molecular complexity index is 1040. The van der Waals surface area contributed by atoms with Crippen LogP contribution in [0.25, 0.3) is 0 Å². The van der Waals surface area contributed by atoms with Crippen LogP contribution in [0.1, 0.15) is 258 Å². The molecule has 0 spiro atoms. The lowest BCUT2D eigenvalue weighted by atomic mass is 10.0. The molecule has 0 aliphatic carbocycles. The second-order valence-electron chi connectivity index (χ2n) is 17.6. The summed E-state index contributed by atoms with van der Waals surface area (Å²) in [6, 6.07) is -0.711. The molecule has 350 valence electrons. The van der Waals surface area contributed by atoms with Crippen LogP contribution in [0, 0.1) is 0 Å². The van der Waals surface area contributed by atoms with Crippen molar-refractivity contribution in [1.82, 2.24) is 5.32 Å². The Morgan fingerprint density at radius 3 is 1.45 bits per heavy atom. The summed E-state index contributed by atoms with van der Waals surface area (Å²) in [6.07, 6.45) is 57.4. The smallest absolute Gasteiger partial charge is 0.306 e. The standard InChI is InChI=1S/C54H99NO5/c1-4-7-10-13-16-19-22-25-26-27-29-32-35-38-41-44-47-54(59)60-50(45-42-39-36-33-30-24-21-18-15-12-9-6-3)48-53(58)55-51(49-56)52(57)46-43-40-37-34-31-28-23-20-17-14-11-8-5-2/h9,12,18,21,26-27,29,32,50-52,56-57H,4-8,10-11,13-17,19-20,22-25,28,30-31,33-49H2,1-3H3,(H,55,58)/b12-9+,21-18+,27-26+,32-29+. The number of hydrogen-bond donors (Lipinski definition) is 3. The van der Waals surface area contributed by atoms with Gasteiger partial charge >= 0.3 is 5.97 Å². The van der Waals surface area contributed by atoms with Crippen LogP contribution in [0.4, 0.5) is 0 Å². The second kappa shape index (κ2) is 47.9. The summed E-state index contributed by atoms with van der Waals surface area (Å²) in [6.45, 7) is 6.37. The molecule has 3 unspecified atom stereocenters.